The van der Waals surface area contributed by atoms with Gasteiger partial charge in [0.25, 0.3) is 5.91 Å². The number of likely N-dealkylation sites (N-methyl/N-ethyl adjacent to an activating group) is 1. The van der Waals surface area contributed by atoms with Crippen LogP contribution >= 0.6 is 11.6 Å². The Morgan fingerprint density at radius 2 is 1.80 bits per heavy atom. The fraction of sp³-hybridized carbons (Fsp3) is 0.350. The molecular formula is C20H27ClN3O+. The third-order valence-electron chi connectivity index (χ3n) is 4.32. The van der Waals surface area contributed by atoms with E-state index in [1.54, 1.807) is 4.90 Å². The zero-order valence-corrected chi connectivity index (χ0v) is 16.1. The number of nitrogens with two attached hydrogens (primary N) is 1. The number of hydrogen-bond donors (Lipinski definition) is 1. The van der Waals surface area contributed by atoms with Crippen LogP contribution in [0.25, 0.3) is 0 Å². The largest absolute Gasteiger partial charge is 0.378 e. The predicted octanol–water partition coefficient (Wildman–Crippen LogP) is 2.69. The summed E-state index contributed by atoms with van der Waals surface area (Å²) in [4.78, 5) is 16.2. The monoisotopic (exact) mass is 360 g/mol. The molecule has 0 saturated carbocycles. The lowest BCUT2D eigenvalue weighted by atomic mass is 10.1. The maximum atomic E-state index is 12.4. The van der Waals surface area contributed by atoms with E-state index in [1.165, 1.54) is 0 Å². The summed E-state index contributed by atoms with van der Waals surface area (Å²) in [6.07, 6.45) is 0. The predicted molar refractivity (Wildman–Crippen MR) is 104 cm³/mol. The van der Waals surface area contributed by atoms with E-state index in [9.17, 15) is 4.79 Å². The van der Waals surface area contributed by atoms with Crippen molar-refractivity contribution < 1.29 is 10.1 Å². The van der Waals surface area contributed by atoms with Gasteiger partial charge in [-0.25, -0.2) is 0 Å². The lowest BCUT2D eigenvalue weighted by Crippen LogP contribution is -2.86. The molecule has 0 unspecified atom stereocenters. The molecule has 0 saturated heterocycles. The maximum Gasteiger partial charge on any atom is 0.277 e. The molecular weight excluding hydrogens is 334 g/mol. The summed E-state index contributed by atoms with van der Waals surface area (Å²) >= 11 is 6.03. The van der Waals surface area contributed by atoms with Gasteiger partial charge < -0.3 is 15.1 Å². The number of amides is 1. The lowest BCUT2D eigenvalue weighted by Gasteiger charge is -2.19. The van der Waals surface area contributed by atoms with E-state index in [2.05, 4.69) is 36.1 Å². The number of carbonyl (C=O) groups excluding carboxylic acids is 1. The minimum atomic E-state index is 0.116. The van der Waals surface area contributed by atoms with Crippen molar-refractivity contribution in [3.8, 4) is 0 Å². The highest BCUT2D eigenvalue weighted by Crippen LogP contribution is 2.15. The van der Waals surface area contributed by atoms with Crippen molar-refractivity contribution in [1.29, 1.82) is 0 Å². The smallest absolute Gasteiger partial charge is 0.277 e. The first-order valence-corrected chi connectivity index (χ1v) is 8.83. The van der Waals surface area contributed by atoms with E-state index in [0.29, 0.717) is 13.1 Å². The fourth-order valence-electron chi connectivity index (χ4n) is 2.62. The Kier molecular flexibility index (Phi) is 6.85. The topological polar surface area (TPSA) is 40.2 Å². The molecule has 5 heteroatoms. The minimum absolute atomic E-state index is 0.116. The van der Waals surface area contributed by atoms with Crippen LogP contribution in [0.2, 0.25) is 5.02 Å². The van der Waals surface area contributed by atoms with Crippen LogP contribution in [-0.4, -0.2) is 38.5 Å². The van der Waals surface area contributed by atoms with Crippen LogP contribution < -0.4 is 10.2 Å². The molecule has 2 N–H and O–H groups in total. The van der Waals surface area contributed by atoms with E-state index in [4.69, 9.17) is 11.6 Å². The van der Waals surface area contributed by atoms with E-state index >= 15 is 0 Å². The Hall–Kier alpha value is -2.04. The van der Waals surface area contributed by atoms with Crippen molar-refractivity contribution >= 4 is 23.2 Å². The van der Waals surface area contributed by atoms with Gasteiger partial charge in [0.1, 0.15) is 6.04 Å². The van der Waals surface area contributed by atoms with Crippen LogP contribution in [-0.2, 0) is 11.3 Å². The second kappa shape index (κ2) is 8.88. The van der Waals surface area contributed by atoms with Crippen molar-refractivity contribution in [2.45, 2.75) is 19.5 Å². The summed E-state index contributed by atoms with van der Waals surface area (Å²) in [5.41, 5.74) is 3.41. The summed E-state index contributed by atoms with van der Waals surface area (Å²) in [6.45, 7) is 3.12. The first-order valence-electron chi connectivity index (χ1n) is 8.46. The van der Waals surface area contributed by atoms with Gasteiger partial charge in [-0.1, -0.05) is 35.9 Å². The van der Waals surface area contributed by atoms with Crippen molar-refractivity contribution in [3.63, 3.8) is 0 Å². The molecule has 0 aliphatic rings. The molecule has 1 amide bonds. The number of quaternary nitrogens is 1. The number of hydrogen-bond acceptors (Lipinski definition) is 2. The van der Waals surface area contributed by atoms with Gasteiger partial charge in [-0.2, -0.15) is 0 Å². The van der Waals surface area contributed by atoms with Crippen molar-refractivity contribution in [2.75, 3.05) is 32.6 Å². The van der Waals surface area contributed by atoms with E-state index in [-0.39, 0.29) is 11.9 Å². The number of nitrogens with zero attached hydrogens (tertiary/aromatic N) is 2. The molecule has 0 fully saturated rings. The van der Waals surface area contributed by atoms with Gasteiger partial charge in [0.15, 0.2) is 6.54 Å². The molecule has 0 spiro atoms. The van der Waals surface area contributed by atoms with Gasteiger partial charge in [0, 0.05) is 44.0 Å². The number of rotatable bonds is 7. The molecule has 0 aliphatic carbocycles. The number of anilines is 1. The molecule has 2 aromatic rings. The van der Waals surface area contributed by atoms with Crippen LogP contribution in [0.1, 0.15) is 24.1 Å². The molecule has 25 heavy (non-hydrogen) atoms. The Bertz CT molecular complexity index is 700. The standard InChI is InChI=1S/C20H26ClN3O/c1-15(17-6-5-7-18(21)12-17)22-13-20(25)24(4)14-16-8-10-19(11-9-16)23(2)3/h5-12,15,22H,13-14H2,1-4H3/p+1/t15-/m1/s1. The van der Waals surface area contributed by atoms with Crippen molar-refractivity contribution in [2.24, 2.45) is 0 Å². The van der Waals surface area contributed by atoms with Gasteiger partial charge in [-0.05, 0) is 36.8 Å². The summed E-state index contributed by atoms with van der Waals surface area (Å²) in [5.74, 6) is 0.116. The Morgan fingerprint density at radius 3 is 2.40 bits per heavy atom. The summed E-state index contributed by atoms with van der Waals surface area (Å²) in [5, 5.41) is 2.77. The second-order valence-corrected chi connectivity index (χ2v) is 7.03. The highest BCUT2D eigenvalue weighted by Gasteiger charge is 2.15. The number of carbonyl (C=O) groups is 1. The fourth-order valence-corrected chi connectivity index (χ4v) is 2.82. The normalized spacial score (nSPS) is 11.9. The zero-order valence-electron chi connectivity index (χ0n) is 15.4. The Morgan fingerprint density at radius 1 is 1.12 bits per heavy atom. The average Bonchev–Trinajstić information content (AvgIpc) is 2.59. The van der Waals surface area contributed by atoms with Crippen LogP contribution in [0.5, 0.6) is 0 Å². The molecule has 2 aromatic carbocycles. The van der Waals surface area contributed by atoms with Crippen molar-refractivity contribution in [1.82, 2.24) is 4.90 Å². The van der Waals surface area contributed by atoms with Gasteiger partial charge in [0.05, 0.1) is 0 Å². The minimum Gasteiger partial charge on any atom is -0.378 e. The van der Waals surface area contributed by atoms with E-state index < -0.39 is 0 Å². The van der Waals surface area contributed by atoms with Crippen molar-refractivity contribution in [3.05, 3.63) is 64.7 Å². The van der Waals surface area contributed by atoms with Gasteiger partial charge in [-0.3, -0.25) is 4.79 Å². The third-order valence-corrected chi connectivity index (χ3v) is 4.55. The van der Waals surface area contributed by atoms with Crippen LogP contribution in [0, 0.1) is 0 Å². The Balaban J connectivity index is 1.85. The molecule has 0 heterocycles. The summed E-state index contributed by atoms with van der Waals surface area (Å²) in [7, 11) is 5.88. The van der Waals surface area contributed by atoms with Gasteiger partial charge in [-0.15, -0.1) is 0 Å². The molecule has 0 aliphatic heterocycles. The SMILES string of the molecule is C[C@@H]([NH2+]CC(=O)N(C)Cc1ccc(N(C)C)cc1)c1cccc(Cl)c1. The zero-order chi connectivity index (χ0) is 18.4. The van der Waals surface area contributed by atoms with Gasteiger partial charge in [0.2, 0.25) is 0 Å². The second-order valence-electron chi connectivity index (χ2n) is 6.59. The number of halogens is 1. The quantitative estimate of drug-likeness (QED) is 0.824. The Labute approximate surface area is 155 Å². The van der Waals surface area contributed by atoms with E-state index in [1.807, 2.05) is 50.7 Å². The maximum absolute atomic E-state index is 12.4. The molecule has 134 valence electrons. The molecule has 2 rings (SSSR count). The van der Waals surface area contributed by atoms with E-state index in [0.717, 1.165) is 21.8 Å². The summed E-state index contributed by atoms with van der Waals surface area (Å²) in [6, 6.07) is 16.2. The van der Waals surface area contributed by atoms with Crippen LogP contribution in [0.4, 0.5) is 5.69 Å². The van der Waals surface area contributed by atoms with Gasteiger partial charge >= 0.3 is 0 Å². The van der Waals surface area contributed by atoms with Crippen LogP contribution in [0.3, 0.4) is 0 Å². The molecule has 1 atom stereocenters. The molecule has 0 radical (unpaired) electrons. The first-order chi connectivity index (χ1) is 11.9. The average molecular weight is 361 g/mol. The van der Waals surface area contributed by atoms with Crippen LogP contribution in [0.15, 0.2) is 48.5 Å². The summed E-state index contributed by atoms with van der Waals surface area (Å²) < 4.78 is 0. The highest BCUT2D eigenvalue weighted by atomic mass is 35.5. The molecule has 0 bridgehead atoms. The first kappa shape index (κ1) is 19.3. The lowest BCUT2D eigenvalue weighted by molar-refractivity contribution is -0.683. The molecule has 4 nitrogen and oxygen atoms in total. The third kappa shape index (κ3) is 5.76. The molecule has 0 aromatic heterocycles. The number of benzene rings is 2. The highest BCUT2D eigenvalue weighted by molar-refractivity contribution is 6.30.